The van der Waals surface area contributed by atoms with Gasteiger partial charge in [-0.25, -0.2) is 0 Å². The Balaban J connectivity index is 2.43. The molecule has 60 valence electrons. The topological polar surface area (TPSA) is 0 Å². The lowest BCUT2D eigenvalue weighted by atomic mass is 10.2. The molecule has 1 aliphatic heterocycles. The molecule has 1 heterocycles. The Bertz CT molecular complexity index is 123. The number of halogens is 2. The van der Waals surface area contributed by atoms with Crippen molar-refractivity contribution >= 4 is 31.3 Å². The Hall–Kier alpha value is 0.797. The zero-order valence-electron chi connectivity index (χ0n) is 6.53. The molecule has 1 rings (SSSR count). The highest BCUT2D eigenvalue weighted by Gasteiger charge is 2.35. The van der Waals surface area contributed by atoms with Crippen LogP contribution in [0.2, 0.25) is 25.2 Å². The summed E-state index contributed by atoms with van der Waals surface area (Å²) in [5.41, 5.74) is 0. The van der Waals surface area contributed by atoms with Crippen molar-refractivity contribution in [1.29, 1.82) is 0 Å². The van der Waals surface area contributed by atoms with Crippen LogP contribution in [-0.2, 0) is 0 Å². The van der Waals surface area contributed by atoms with Crippen molar-refractivity contribution in [2.75, 3.05) is 0 Å². The number of rotatable bonds is 1. The molecule has 0 amide bonds. The highest BCUT2D eigenvalue weighted by atomic mass is 35.5. The van der Waals surface area contributed by atoms with Crippen LogP contribution in [0, 0.1) is 5.92 Å². The SMILES string of the molecule is C[Si]1(C)CCC(C(Cl)Cl)C1. The quantitative estimate of drug-likeness (QED) is 0.445. The van der Waals surface area contributed by atoms with E-state index in [-0.39, 0.29) is 4.84 Å². The van der Waals surface area contributed by atoms with E-state index in [1.165, 1.54) is 18.5 Å². The average Bonchev–Trinajstić information content (AvgIpc) is 2.10. The minimum absolute atomic E-state index is 0.116. The van der Waals surface area contributed by atoms with Gasteiger partial charge in [-0.3, -0.25) is 0 Å². The van der Waals surface area contributed by atoms with Crippen molar-refractivity contribution in [3.63, 3.8) is 0 Å². The smallest absolute Gasteiger partial charge is 0.105 e. The van der Waals surface area contributed by atoms with Gasteiger partial charge in [0.15, 0.2) is 0 Å². The van der Waals surface area contributed by atoms with Gasteiger partial charge in [0, 0.05) is 8.07 Å². The molecule has 0 nitrogen and oxygen atoms in total. The van der Waals surface area contributed by atoms with Gasteiger partial charge < -0.3 is 0 Å². The number of hydrogen-bond donors (Lipinski definition) is 0. The second kappa shape index (κ2) is 3.04. The summed E-state index contributed by atoms with van der Waals surface area (Å²) in [7, 11) is -0.835. The summed E-state index contributed by atoms with van der Waals surface area (Å²) in [6.45, 7) is 4.84. The van der Waals surface area contributed by atoms with Crippen LogP contribution in [-0.4, -0.2) is 12.9 Å². The van der Waals surface area contributed by atoms with Crippen LogP contribution in [0.15, 0.2) is 0 Å². The summed E-state index contributed by atoms with van der Waals surface area (Å²) >= 11 is 11.6. The fourth-order valence-electron chi connectivity index (χ4n) is 1.71. The molecule has 3 heteroatoms. The molecule has 1 saturated heterocycles. The molecular weight excluding hydrogens is 183 g/mol. The van der Waals surface area contributed by atoms with Gasteiger partial charge in [-0.15, -0.1) is 23.2 Å². The van der Waals surface area contributed by atoms with E-state index in [1.807, 2.05) is 0 Å². The van der Waals surface area contributed by atoms with Crippen molar-refractivity contribution in [3.8, 4) is 0 Å². The molecule has 0 aliphatic carbocycles. The molecule has 1 unspecified atom stereocenters. The van der Waals surface area contributed by atoms with Crippen LogP contribution in [0.25, 0.3) is 0 Å². The van der Waals surface area contributed by atoms with Crippen molar-refractivity contribution in [2.45, 2.75) is 36.4 Å². The van der Waals surface area contributed by atoms with Gasteiger partial charge >= 0.3 is 0 Å². The van der Waals surface area contributed by atoms with E-state index in [9.17, 15) is 0 Å². The van der Waals surface area contributed by atoms with Gasteiger partial charge in [0.1, 0.15) is 4.84 Å². The first kappa shape index (κ1) is 8.89. The van der Waals surface area contributed by atoms with E-state index in [4.69, 9.17) is 23.2 Å². The summed E-state index contributed by atoms with van der Waals surface area (Å²) in [4.78, 5) is -0.116. The molecule has 0 N–H and O–H groups in total. The zero-order valence-corrected chi connectivity index (χ0v) is 9.04. The highest BCUT2D eigenvalue weighted by Crippen LogP contribution is 2.39. The molecule has 1 fully saturated rings. The van der Waals surface area contributed by atoms with Crippen molar-refractivity contribution < 1.29 is 0 Å². The molecule has 0 spiro atoms. The summed E-state index contributed by atoms with van der Waals surface area (Å²) in [5.74, 6) is 0.602. The minimum Gasteiger partial charge on any atom is -0.105 e. The zero-order chi connectivity index (χ0) is 7.78. The largest absolute Gasteiger partial charge is 0.110 e. The molecule has 0 bridgehead atoms. The Morgan fingerprint density at radius 3 is 2.20 bits per heavy atom. The monoisotopic (exact) mass is 196 g/mol. The minimum atomic E-state index is -0.835. The normalized spacial score (nSPS) is 31.5. The van der Waals surface area contributed by atoms with E-state index in [0.29, 0.717) is 5.92 Å². The third-order valence-electron chi connectivity index (χ3n) is 2.36. The Labute approximate surface area is 73.9 Å². The maximum atomic E-state index is 5.80. The summed E-state index contributed by atoms with van der Waals surface area (Å²) in [6, 6.07) is 2.73. The molecule has 0 saturated carbocycles. The van der Waals surface area contributed by atoms with Crippen LogP contribution in [0.5, 0.6) is 0 Å². The molecule has 0 aromatic rings. The van der Waals surface area contributed by atoms with E-state index in [2.05, 4.69) is 13.1 Å². The van der Waals surface area contributed by atoms with Crippen LogP contribution < -0.4 is 0 Å². The lowest BCUT2D eigenvalue weighted by Gasteiger charge is -2.14. The standard InChI is InChI=1S/C7H14Cl2Si/c1-10(2)4-3-6(5-10)7(8)9/h6-7H,3-5H2,1-2H3. The second-order valence-electron chi connectivity index (χ2n) is 4.00. The van der Waals surface area contributed by atoms with Crippen LogP contribution in [0.4, 0.5) is 0 Å². The molecule has 0 aromatic carbocycles. The molecule has 0 aromatic heterocycles. The van der Waals surface area contributed by atoms with E-state index < -0.39 is 8.07 Å². The van der Waals surface area contributed by atoms with E-state index >= 15 is 0 Å². The fraction of sp³-hybridized carbons (Fsp3) is 1.00. The first-order chi connectivity index (χ1) is 4.51. The Morgan fingerprint density at radius 2 is 2.00 bits per heavy atom. The van der Waals surface area contributed by atoms with Crippen molar-refractivity contribution in [3.05, 3.63) is 0 Å². The van der Waals surface area contributed by atoms with Gasteiger partial charge in [-0.2, -0.15) is 0 Å². The predicted molar refractivity (Wildman–Crippen MR) is 50.7 cm³/mol. The maximum absolute atomic E-state index is 5.80. The van der Waals surface area contributed by atoms with Crippen LogP contribution in [0.3, 0.4) is 0 Å². The number of hydrogen-bond acceptors (Lipinski definition) is 0. The lowest BCUT2D eigenvalue weighted by Crippen LogP contribution is -2.20. The van der Waals surface area contributed by atoms with Crippen LogP contribution >= 0.6 is 23.2 Å². The molecular formula is C7H14Cl2Si. The van der Waals surface area contributed by atoms with Gasteiger partial charge in [-0.05, 0) is 5.92 Å². The second-order valence-corrected chi connectivity index (χ2v) is 10.4. The first-order valence-electron chi connectivity index (χ1n) is 3.79. The molecule has 1 aliphatic rings. The van der Waals surface area contributed by atoms with Crippen molar-refractivity contribution in [1.82, 2.24) is 0 Å². The Kier molecular flexibility index (Phi) is 2.70. The van der Waals surface area contributed by atoms with Crippen LogP contribution in [0.1, 0.15) is 6.42 Å². The van der Waals surface area contributed by atoms with Gasteiger partial charge in [0.25, 0.3) is 0 Å². The fourth-order valence-corrected chi connectivity index (χ4v) is 5.65. The predicted octanol–water partition coefficient (Wildman–Crippen LogP) is 3.52. The summed E-state index contributed by atoms with van der Waals surface area (Å²) in [5, 5.41) is 0. The van der Waals surface area contributed by atoms with Gasteiger partial charge in [0.05, 0.1) is 0 Å². The molecule has 1 atom stereocenters. The Morgan fingerprint density at radius 1 is 1.40 bits per heavy atom. The summed E-state index contributed by atoms with van der Waals surface area (Å²) < 4.78 is 0. The third kappa shape index (κ3) is 2.14. The number of alkyl halides is 2. The summed E-state index contributed by atoms with van der Waals surface area (Å²) in [6.07, 6.45) is 1.26. The average molecular weight is 197 g/mol. The van der Waals surface area contributed by atoms with Crippen molar-refractivity contribution in [2.24, 2.45) is 5.92 Å². The highest BCUT2D eigenvalue weighted by molar-refractivity contribution is 6.78. The molecule has 0 radical (unpaired) electrons. The van der Waals surface area contributed by atoms with Gasteiger partial charge in [-0.1, -0.05) is 31.6 Å². The van der Waals surface area contributed by atoms with E-state index in [1.54, 1.807) is 0 Å². The molecule has 10 heavy (non-hydrogen) atoms. The van der Waals surface area contributed by atoms with Gasteiger partial charge in [0.2, 0.25) is 0 Å². The maximum Gasteiger partial charge on any atom is 0.110 e. The third-order valence-corrected chi connectivity index (χ3v) is 6.35. The van der Waals surface area contributed by atoms with E-state index in [0.717, 1.165) is 0 Å². The lowest BCUT2D eigenvalue weighted by molar-refractivity contribution is 0.635. The first-order valence-corrected chi connectivity index (χ1v) is 8.08.